The molecule has 0 atom stereocenters. The van der Waals surface area contributed by atoms with Crippen LogP contribution in [0, 0.1) is 0 Å². The van der Waals surface area contributed by atoms with Crippen LogP contribution in [-0.2, 0) is 23.2 Å². The Kier molecular flexibility index (Phi) is 7.73. The molecule has 2 aliphatic rings. The second-order valence-corrected chi connectivity index (χ2v) is 9.42. The van der Waals surface area contributed by atoms with Crippen LogP contribution in [0.2, 0.25) is 0 Å². The van der Waals surface area contributed by atoms with Gasteiger partial charge in [-0.2, -0.15) is 5.10 Å². The number of aldehydes is 1. The molecule has 3 N–H and O–H groups in total. The van der Waals surface area contributed by atoms with Gasteiger partial charge in [-0.15, -0.1) is 0 Å². The minimum absolute atomic E-state index is 0.0975. The highest BCUT2D eigenvalue weighted by Gasteiger charge is 2.33. The van der Waals surface area contributed by atoms with E-state index in [4.69, 9.17) is 0 Å². The van der Waals surface area contributed by atoms with E-state index in [2.05, 4.69) is 40.9 Å². The van der Waals surface area contributed by atoms with Crippen LogP contribution in [0.1, 0.15) is 35.7 Å². The predicted molar refractivity (Wildman–Crippen MR) is 145 cm³/mol. The van der Waals surface area contributed by atoms with Crippen LogP contribution in [0.5, 0.6) is 0 Å². The van der Waals surface area contributed by atoms with Gasteiger partial charge in [0.2, 0.25) is 5.91 Å². The molecule has 2 aliphatic heterocycles. The molecule has 1 fully saturated rings. The Balaban J connectivity index is 0.00000156. The fourth-order valence-electron chi connectivity index (χ4n) is 5.15. The van der Waals surface area contributed by atoms with E-state index in [0.717, 1.165) is 46.1 Å². The van der Waals surface area contributed by atoms with Gasteiger partial charge >= 0.3 is 0 Å². The van der Waals surface area contributed by atoms with E-state index in [1.807, 2.05) is 35.0 Å². The highest BCUT2D eigenvalue weighted by atomic mass is 16.2. The van der Waals surface area contributed by atoms with Gasteiger partial charge in [-0.3, -0.25) is 19.1 Å². The minimum Gasteiger partial charge on any atom is -0.382 e. The first-order valence-electron chi connectivity index (χ1n) is 12.5. The third kappa shape index (κ3) is 5.13. The van der Waals surface area contributed by atoms with Crippen molar-refractivity contribution in [1.29, 1.82) is 0 Å². The number of hydrogen-bond acceptors (Lipinski definition) is 6. The molecule has 2 aromatic carbocycles. The van der Waals surface area contributed by atoms with E-state index in [1.165, 1.54) is 7.05 Å². The van der Waals surface area contributed by atoms with Crippen molar-refractivity contribution in [2.45, 2.75) is 32.4 Å². The van der Waals surface area contributed by atoms with Gasteiger partial charge < -0.3 is 20.9 Å². The van der Waals surface area contributed by atoms with E-state index in [0.29, 0.717) is 37.1 Å². The van der Waals surface area contributed by atoms with E-state index in [-0.39, 0.29) is 24.4 Å². The molecule has 0 aliphatic carbocycles. The molecule has 9 nitrogen and oxygen atoms in total. The van der Waals surface area contributed by atoms with E-state index in [1.54, 1.807) is 11.8 Å². The summed E-state index contributed by atoms with van der Waals surface area (Å²) >= 11 is 0. The van der Waals surface area contributed by atoms with Gasteiger partial charge in [-0.05, 0) is 48.7 Å². The van der Waals surface area contributed by atoms with Crippen molar-refractivity contribution >= 4 is 34.7 Å². The number of benzene rings is 2. The number of aromatic nitrogens is 2. The van der Waals surface area contributed by atoms with Gasteiger partial charge in [0.05, 0.1) is 17.3 Å². The van der Waals surface area contributed by atoms with Crippen LogP contribution in [0.15, 0.2) is 48.7 Å². The average Bonchev–Trinajstić information content (AvgIpc) is 3.45. The lowest BCUT2D eigenvalue weighted by Gasteiger charge is -2.32. The van der Waals surface area contributed by atoms with E-state index < -0.39 is 0 Å². The SMILES string of the molecule is C=C(C=O)CN1Cc2c(-c3ccc4cnn(C)c4c3)ccc(NC3CCN(C(C)=O)CC3)c2C1=O.CN. The lowest BCUT2D eigenvalue weighted by Crippen LogP contribution is -2.41. The van der Waals surface area contributed by atoms with Gasteiger partial charge in [-0.1, -0.05) is 24.8 Å². The number of carbonyl (C=O) groups is 3. The van der Waals surface area contributed by atoms with Crippen LogP contribution >= 0.6 is 0 Å². The standard InChI is InChI=1S/C27H29N5O3.CH5N/c1-17(16-33)14-32-15-23-22(19-4-5-20-13-28-30(3)25(20)12-19)6-7-24(26(23)27(32)35)29-21-8-10-31(11-9-21)18(2)34;1-2/h4-7,12-13,16,21,29H,1,8-11,14-15H2,2-3H3;2H2,1H3. The van der Waals surface area contributed by atoms with E-state index >= 15 is 0 Å². The third-order valence-corrected chi connectivity index (χ3v) is 7.08. The Morgan fingerprint density at radius 1 is 1.22 bits per heavy atom. The molecule has 1 aromatic heterocycles. The molecular weight excluding hydrogens is 468 g/mol. The number of piperidine rings is 1. The van der Waals surface area contributed by atoms with Gasteiger partial charge in [0.1, 0.15) is 6.29 Å². The molecule has 9 heteroatoms. The molecule has 0 radical (unpaired) electrons. The molecule has 0 unspecified atom stereocenters. The molecule has 1 saturated heterocycles. The summed E-state index contributed by atoms with van der Waals surface area (Å²) in [5.41, 5.74) is 10.3. The quantitative estimate of drug-likeness (QED) is 0.396. The van der Waals surface area contributed by atoms with Crippen molar-refractivity contribution < 1.29 is 14.4 Å². The lowest BCUT2D eigenvalue weighted by molar-refractivity contribution is -0.129. The summed E-state index contributed by atoms with van der Waals surface area (Å²) in [7, 11) is 3.41. The third-order valence-electron chi connectivity index (χ3n) is 7.08. The lowest BCUT2D eigenvalue weighted by atomic mass is 9.94. The summed E-state index contributed by atoms with van der Waals surface area (Å²) in [4.78, 5) is 40.0. The monoisotopic (exact) mass is 502 g/mol. The normalized spacial score (nSPS) is 15.3. The Hall–Kier alpha value is -3.98. The second kappa shape index (κ2) is 11.0. The molecule has 37 heavy (non-hydrogen) atoms. The van der Waals surface area contributed by atoms with Crippen molar-refractivity contribution in [1.82, 2.24) is 19.6 Å². The van der Waals surface area contributed by atoms with Gasteiger partial charge in [0, 0.05) is 62.8 Å². The van der Waals surface area contributed by atoms with Crippen molar-refractivity contribution in [3.63, 3.8) is 0 Å². The molecule has 0 spiro atoms. The first kappa shape index (κ1) is 26.1. The largest absolute Gasteiger partial charge is 0.382 e. The fourth-order valence-corrected chi connectivity index (χ4v) is 5.15. The zero-order valence-corrected chi connectivity index (χ0v) is 21.7. The summed E-state index contributed by atoms with van der Waals surface area (Å²) in [6.07, 6.45) is 4.19. The van der Waals surface area contributed by atoms with Crippen LogP contribution in [0.4, 0.5) is 5.69 Å². The molecule has 3 aromatic rings. The molecule has 0 bridgehead atoms. The maximum Gasteiger partial charge on any atom is 0.256 e. The number of anilines is 1. The van der Waals surface area contributed by atoms with Crippen LogP contribution < -0.4 is 11.1 Å². The van der Waals surface area contributed by atoms with E-state index in [9.17, 15) is 14.4 Å². The smallest absolute Gasteiger partial charge is 0.256 e. The predicted octanol–water partition coefficient (Wildman–Crippen LogP) is 2.95. The van der Waals surface area contributed by atoms with Crippen molar-refractivity contribution in [2.75, 3.05) is 32.0 Å². The maximum absolute atomic E-state index is 13.5. The number of nitrogens with two attached hydrogens (primary N) is 1. The molecule has 3 heterocycles. The van der Waals surface area contributed by atoms with Crippen molar-refractivity contribution in [3.05, 3.63) is 59.8 Å². The van der Waals surface area contributed by atoms with Crippen LogP contribution in [-0.4, -0.2) is 70.4 Å². The van der Waals surface area contributed by atoms with Crippen LogP contribution in [0.25, 0.3) is 22.0 Å². The summed E-state index contributed by atoms with van der Waals surface area (Å²) < 4.78 is 1.84. The molecule has 2 amide bonds. The van der Waals surface area contributed by atoms with Gasteiger partial charge in [0.15, 0.2) is 0 Å². The highest BCUT2D eigenvalue weighted by molar-refractivity contribution is 6.06. The number of rotatable bonds is 6. The number of likely N-dealkylation sites (tertiary alicyclic amines) is 1. The van der Waals surface area contributed by atoms with Gasteiger partial charge in [-0.25, -0.2) is 0 Å². The van der Waals surface area contributed by atoms with Crippen LogP contribution in [0.3, 0.4) is 0 Å². The Labute approximate surface area is 216 Å². The molecule has 0 saturated carbocycles. The summed E-state index contributed by atoms with van der Waals surface area (Å²) in [5.74, 6) is -0.00422. The summed E-state index contributed by atoms with van der Waals surface area (Å²) in [6.45, 7) is 7.40. The zero-order valence-electron chi connectivity index (χ0n) is 21.7. The number of carbonyl (C=O) groups excluding carboxylic acids is 3. The Morgan fingerprint density at radius 3 is 2.62 bits per heavy atom. The number of aryl methyl sites for hydroxylation is 1. The number of nitrogens with zero attached hydrogens (tertiary/aromatic N) is 4. The first-order valence-corrected chi connectivity index (χ1v) is 12.5. The number of nitrogens with one attached hydrogen (secondary N) is 1. The Morgan fingerprint density at radius 2 is 1.95 bits per heavy atom. The number of hydrogen-bond donors (Lipinski definition) is 2. The average molecular weight is 503 g/mol. The zero-order chi connectivity index (χ0) is 26.7. The van der Waals surface area contributed by atoms with Crippen molar-refractivity contribution in [2.24, 2.45) is 12.8 Å². The second-order valence-electron chi connectivity index (χ2n) is 9.42. The summed E-state index contributed by atoms with van der Waals surface area (Å²) in [5, 5.41) is 8.98. The van der Waals surface area contributed by atoms with Crippen molar-refractivity contribution in [3.8, 4) is 11.1 Å². The molecule has 5 rings (SSSR count). The first-order chi connectivity index (χ1) is 17.9. The van der Waals surface area contributed by atoms with Gasteiger partial charge in [0.25, 0.3) is 5.91 Å². The number of amides is 2. The number of fused-ring (bicyclic) bond motifs is 2. The topological polar surface area (TPSA) is 114 Å². The summed E-state index contributed by atoms with van der Waals surface area (Å²) in [6, 6.07) is 10.4. The fraction of sp³-hybridized carbons (Fsp3) is 0.357. The highest BCUT2D eigenvalue weighted by Crippen LogP contribution is 2.38. The Bertz CT molecular complexity index is 1350. The molecule has 194 valence electrons. The minimum atomic E-state index is -0.102. The maximum atomic E-state index is 13.5. The molecular formula is C28H34N6O3.